The molecule has 1 aromatic carbocycles. The van der Waals surface area contributed by atoms with Crippen LogP contribution in [-0.2, 0) is 6.42 Å². The van der Waals surface area contributed by atoms with Gasteiger partial charge in [0.25, 0.3) is 0 Å². The van der Waals surface area contributed by atoms with E-state index in [1.54, 1.807) is 0 Å². The number of nitrogens with one attached hydrogen (secondary N) is 2. The molecule has 3 aromatic rings. The van der Waals surface area contributed by atoms with Crippen LogP contribution in [0.3, 0.4) is 0 Å². The fourth-order valence-electron chi connectivity index (χ4n) is 3.74. The number of piperazine rings is 1. The number of nitrogens with zero attached hydrogens (tertiary/aromatic N) is 3. The number of halogens is 1. The molecule has 0 saturated carbocycles. The number of H-pyrrole nitrogens is 1. The van der Waals surface area contributed by atoms with E-state index in [4.69, 9.17) is 0 Å². The van der Waals surface area contributed by atoms with Crippen LogP contribution >= 0.6 is 35.3 Å². The van der Waals surface area contributed by atoms with Gasteiger partial charge in [0.15, 0.2) is 5.96 Å². The van der Waals surface area contributed by atoms with Crippen LogP contribution in [-0.4, -0.2) is 55.6 Å². The van der Waals surface area contributed by atoms with E-state index >= 15 is 0 Å². The van der Waals surface area contributed by atoms with Crippen molar-refractivity contribution in [1.29, 1.82) is 0 Å². The Morgan fingerprint density at radius 3 is 2.71 bits per heavy atom. The molecule has 0 radical (unpaired) electrons. The van der Waals surface area contributed by atoms with Crippen LogP contribution in [0.5, 0.6) is 0 Å². The number of hydrogen-bond donors (Lipinski definition) is 2. The van der Waals surface area contributed by atoms with Crippen molar-refractivity contribution < 1.29 is 0 Å². The van der Waals surface area contributed by atoms with Crippen LogP contribution in [0.2, 0.25) is 0 Å². The molecular formula is C21H28IN5S. The number of aryl methyl sites for hydroxylation is 1. The highest BCUT2D eigenvalue weighted by molar-refractivity contribution is 14.0. The van der Waals surface area contributed by atoms with Gasteiger partial charge in [-0.1, -0.05) is 18.2 Å². The number of fused-ring (bicyclic) bond motifs is 1. The second-order valence-corrected chi connectivity index (χ2v) is 7.79. The number of thiophene rings is 1. The van der Waals surface area contributed by atoms with E-state index in [2.05, 4.69) is 73.1 Å². The second-order valence-electron chi connectivity index (χ2n) is 6.86. The van der Waals surface area contributed by atoms with Crippen molar-refractivity contribution in [2.75, 3.05) is 44.7 Å². The maximum absolute atomic E-state index is 4.49. The quantitative estimate of drug-likeness (QED) is 0.235. The molecule has 150 valence electrons. The van der Waals surface area contributed by atoms with Gasteiger partial charge in [0, 0.05) is 56.9 Å². The molecule has 4 rings (SSSR count). The van der Waals surface area contributed by atoms with Crippen molar-refractivity contribution in [3.8, 4) is 0 Å². The van der Waals surface area contributed by atoms with Crippen molar-refractivity contribution in [3.05, 3.63) is 53.5 Å². The molecule has 1 saturated heterocycles. The summed E-state index contributed by atoms with van der Waals surface area (Å²) in [5.74, 6) is 1.03. The number of hydrogen-bond acceptors (Lipinski definition) is 3. The Kier molecular flexibility index (Phi) is 7.61. The lowest BCUT2D eigenvalue weighted by molar-refractivity contribution is 0.373. The minimum atomic E-state index is 0. The molecule has 7 heteroatoms. The van der Waals surface area contributed by atoms with Crippen molar-refractivity contribution >= 4 is 57.2 Å². The molecule has 2 N–H and O–H groups in total. The summed E-state index contributed by atoms with van der Waals surface area (Å²) in [5.41, 5.74) is 2.62. The van der Waals surface area contributed by atoms with Crippen LogP contribution in [0, 0.1) is 0 Å². The topological polar surface area (TPSA) is 46.7 Å². The van der Waals surface area contributed by atoms with Crippen LogP contribution < -0.4 is 10.2 Å². The number of aliphatic imine (C=N–C) groups is 1. The fourth-order valence-corrected chi connectivity index (χ4v) is 4.52. The van der Waals surface area contributed by atoms with E-state index in [1.807, 2.05) is 18.4 Å². The average molecular weight is 509 g/mol. The summed E-state index contributed by atoms with van der Waals surface area (Å²) < 4.78 is 0. The van der Waals surface area contributed by atoms with Gasteiger partial charge in [0.05, 0.1) is 5.00 Å². The molecule has 2 aromatic heterocycles. The van der Waals surface area contributed by atoms with E-state index in [0.717, 1.165) is 51.5 Å². The molecule has 0 aliphatic carbocycles. The smallest absolute Gasteiger partial charge is 0.193 e. The first-order valence-electron chi connectivity index (χ1n) is 9.64. The number of para-hydroxylation sites is 1. The van der Waals surface area contributed by atoms with Gasteiger partial charge in [-0.3, -0.25) is 4.99 Å². The number of aromatic amines is 1. The minimum Gasteiger partial charge on any atom is -0.361 e. The first-order chi connectivity index (χ1) is 13.3. The molecule has 1 aliphatic rings. The summed E-state index contributed by atoms with van der Waals surface area (Å²) in [6.45, 7) is 5.07. The van der Waals surface area contributed by atoms with Crippen molar-refractivity contribution in [1.82, 2.24) is 15.2 Å². The third kappa shape index (κ3) is 4.81. The Morgan fingerprint density at radius 2 is 1.96 bits per heavy atom. The maximum Gasteiger partial charge on any atom is 0.193 e. The largest absolute Gasteiger partial charge is 0.361 e. The standard InChI is InChI=1S/C21H27N5S.HI/c1-22-21(26-13-11-25(12-14-26)20-9-5-15-27-20)23-10-4-6-17-16-24-19-8-3-2-7-18(17)19;/h2-3,5,7-9,15-16,24H,4,6,10-14H2,1H3,(H,22,23);1H. The van der Waals surface area contributed by atoms with E-state index < -0.39 is 0 Å². The van der Waals surface area contributed by atoms with Gasteiger partial charge >= 0.3 is 0 Å². The summed E-state index contributed by atoms with van der Waals surface area (Å²) in [5, 5.41) is 8.41. The summed E-state index contributed by atoms with van der Waals surface area (Å²) in [6.07, 6.45) is 4.31. The van der Waals surface area contributed by atoms with Crippen LogP contribution in [0.25, 0.3) is 10.9 Å². The number of rotatable bonds is 5. The lowest BCUT2D eigenvalue weighted by atomic mass is 10.1. The Bertz CT molecular complexity index is 881. The van der Waals surface area contributed by atoms with Crippen molar-refractivity contribution in [2.45, 2.75) is 12.8 Å². The molecule has 0 bridgehead atoms. The second kappa shape index (κ2) is 10.2. The lowest BCUT2D eigenvalue weighted by Gasteiger charge is -2.37. The first kappa shape index (κ1) is 21.0. The summed E-state index contributed by atoms with van der Waals surface area (Å²) in [7, 11) is 1.88. The zero-order chi connectivity index (χ0) is 18.5. The maximum atomic E-state index is 4.49. The molecule has 1 aliphatic heterocycles. The summed E-state index contributed by atoms with van der Waals surface area (Å²) in [6, 6.07) is 12.8. The number of guanidine groups is 1. The third-order valence-electron chi connectivity index (χ3n) is 5.19. The van der Waals surface area contributed by atoms with Gasteiger partial charge in [-0.2, -0.15) is 0 Å². The predicted octanol–water partition coefficient (Wildman–Crippen LogP) is 4.18. The Labute approximate surface area is 187 Å². The molecule has 0 spiro atoms. The van der Waals surface area contributed by atoms with E-state index in [0.29, 0.717) is 0 Å². The average Bonchev–Trinajstić information content (AvgIpc) is 3.39. The molecule has 0 unspecified atom stereocenters. The highest BCUT2D eigenvalue weighted by Crippen LogP contribution is 2.22. The SMILES string of the molecule is CN=C(NCCCc1c[nH]c2ccccc12)N1CCN(c2cccs2)CC1.I. The number of aromatic nitrogens is 1. The van der Waals surface area contributed by atoms with Crippen LogP contribution in [0.1, 0.15) is 12.0 Å². The van der Waals surface area contributed by atoms with Gasteiger partial charge in [-0.05, 0) is 42.0 Å². The molecule has 1 fully saturated rings. The third-order valence-corrected chi connectivity index (χ3v) is 6.12. The molecule has 3 heterocycles. The normalized spacial score (nSPS) is 15.0. The molecule has 5 nitrogen and oxygen atoms in total. The summed E-state index contributed by atoms with van der Waals surface area (Å²) >= 11 is 1.82. The number of benzene rings is 1. The minimum absolute atomic E-state index is 0. The zero-order valence-corrected chi connectivity index (χ0v) is 19.4. The lowest BCUT2D eigenvalue weighted by Crippen LogP contribution is -2.52. The monoisotopic (exact) mass is 509 g/mol. The molecular weight excluding hydrogens is 481 g/mol. The van der Waals surface area contributed by atoms with E-state index in [-0.39, 0.29) is 24.0 Å². The molecule has 28 heavy (non-hydrogen) atoms. The van der Waals surface area contributed by atoms with Gasteiger partial charge < -0.3 is 20.1 Å². The van der Waals surface area contributed by atoms with Crippen molar-refractivity contribution in [3.63, 3.8) is 0 Å². The molecule has 0 amide bonds. The Balaban J connectivity index is 0.00000225. The zero-order valence-electron chi connectivity index (χ0n) is 16.2. The van der Waals surface area contributed by atoms with Gasteiger partial charge in [0.1, 0.15) is 0 Å². The van der Waals surface area contributed by atoms with Crippen molar-refractivity contribution in [2.24, 2.45) is 4.99 Å². The van der Waals surface area contributed by atoms with Crippen LogP contribution in [0.4, 0.5) is 5.00 Å². The summed E-state index contributed by atoms with van der Waals surface area (Å²) in [4.78, 5) is 12.7. The van der Waals surface area contributed by atoms with Gasteiger partial charge in [0.2, 0.25) is 0 Å². The Morgan fingerprint density at radius 1 is 1.14 bits per heavy atom. The molecule has 0 atom stereocenters. The van der Waals surface area contributed by atoms with Gasteiger partial charge in [-0.15, -0.1) is 35.3 Å². The van der Waals surface area contributed by atoms with E-state index in [1.165, 1.54) is 21.5 Å². The predicted molar refractivity (Wildman–Crippen MR) is 132 cm³/mol. The van der Waals surface area contributed by atoms with Crippen LogP contribution in [0.15, 0.2) is 53.0 Å². The highest BCUT2D eigenvalue weighted by atomic mass is 127. The van der Waals surface area contributed by atoms with E-state index in [9.17, 15) is 0 Å². The fraction of sp³-hybridized carbons (Fsp3) is 0.381. The number of anilines is 1. The van der Waals surface area contributed by atoms with Gasteiger partial charge in [-0.25, -0.2) is 0 Å². The highest BCUT2D eigenvalue weighted by Gasteiger charge is 2.20. The first-order valence-corrected chi connectivity index (χ1v) is 10.5. The Hall–Kier alpha value is -1.74.